The minimum Gasteiger partial charge on any atom is -0.299 e. The first-order valence-electron chi connectivity index (χ1n) is 3.31. The molecule has 1 aliphatic rings. The predicted molar refractivity (Wildman–Crippen MR) is 40.7 cm³/mol. The Morgan fingerprint density at radius 3 is 2.56 bits per heavy atom. The van der Waals surface area contributed by atoms with Crippen LogP contribution in [0.1, 0.15) is 19.8 Å². The van der Waals surface area contributed by atoms with E-state index in [1.807, 2.05) is 18.7 Å². The summed E-state index contributed by atoms with van der Waals surface area (Å²) in [5.41, 5.74) is 0. The highest BCUT2D eigenvalue weighted by Crippen LogP contribution is 2.30. The molecule has 1 nitrogen and oxygen atoms in total. The predicted octanol–water partition coefficient (Wildman–Crippen LogP) is 1.72. The highest BCUT2D eigenvalue weighted by atomic mass is 32.2. The largest absolute Gasteiger partial charge is 0.299 e. The molecule has 1 saturated carbocycles. The molecule has 0 amide bonds. The van der Waals surface area contributed by atoms with Gasteiger partial charge in [-0.25, -0.2) is 0 Å². The number of hydrogen-bond donors (Lipinski definition) is 0. The molecule has 2 atom stereocenters. The van der Waals surface area contributed by atoms with Crippen LogP contribution < -0.4 is 0 Å². The number of ketones is 1. The Balaban J connectivity index is 2.51. The van der Waals surface area contributed by atoms with Crippen molar-refractivity contribution >= 4 is 17.5 Å². The van der Waals surface area contributed by atoms with E-state index in [-0.39, 0.29) is 0 Å². The van der Waals surface area contributed by atoms with Crippen LogP contribution in [-0.4, -0.2) is 17.3 Å². The summed E-state index contributed by atoms with van der Waals surface area (Å²) in [6.07, 6.45) is 3.99. The van der Waals surface area contributed by atoms with Gasteiger partial charge in [0.2, 0.25) is 0 Å². The van der Waals surface area contributed by atoms with E-state index in [2.05, 4.69) is 6.26 Å². The van der Waals surface area contributed by atoms with Gasteiger partial charge in [-0.3, -0.25) is 4.79 Å². The second kappa shape index (κ2) is 2.74. The van der Waals surface area contributed by atoms with Gasteiger partial charge in [-0.15, -0.1) is 0 Å². The maximum absolute atomic E-state index is 10.9. The summed E-state index contributed by atoms with van der Waals surface area (Å²) in [5.74, 6) is 0.773. The van der Waals surface area contributed by atoms with Gasteiger partial charge in [-0.05, 0) is 12.7 Å². The molecule has 52 valence electrons. The molecule has 0 N–H and O–H groups in total. The lowest BCUT2D eigenvalue weighted by atomic mass is 10.1. The van der Waals surface area contributed by atoms with Gasteiger partial charge in [0.1, 0.15) is 5.78 Å². The van der Waals surface area contributed by atoms with Crippen LogP contribution in [0.2, 0.25) is 0 Å². The van der Waals surface area contributed by atoms with E-state index in [1.54, 1.807) is 0 Å². The van der Waals surface area contributed by atoms with E-state index in [0.717, 1.165) is 12.8 Å². The molecule has 0 aliphatic heterocycles. The first kappa shape index (κ1) is 7.13. The molecule has 0 aromatic heterocycles. The van der Waals surface area contributed by atoms with Crippen molar-refractivity contribution in [2.75, 3.05) is 6.26 Å². The summed E-state index contributed by atoms with van der Waals surface area (Å²) >= 11 is 1.82. The van der Waals surface area contributed by atoms with Gasteiger partial charge >= 0.3 is 0 Å². The second-order valence-electron chi connectivity index (χ2n) is 2.57. The Bertz CT molecular complexity index is 122. The zero-order valence-corrected chi connectivity index (χ0v) is 6.70. The fourth-order valence-electron chi connectivity index (χ4n) is 1.29. The Morgan fingerprint density at radius 2 is 2.33 bits per heavy atom. The van der Waals surface area contributed by atoms with Crippen molar-refractivity contribution in [2.24, 2.45) is 5.92 Å². The Hall–Kier alpha value is 0.0200. The number of rotatable bonds is 1. The molecule has 2 unspecified atom stereocenters. The van der Waals surface area contributed by atoms with Crippen LogP contribution in [0.25, 0.3) is 0 Å². The summed E-state index contributed by atoms with van der Waals surface area (Å²) in [7, 11) is 0. The topological polar surface area (TPSA) is 17.1 Å². The summed E-state index contributed by atoms with van der Waals surface area (Å²) in [4.78, 5) is 10.9. The third-order valence-electron chi connectivity index (χ3n) is 2.04. The fourth-order valence-corrected chi connectivity index (χ4v) is 2.21. The lowest BCUT2D eigenvalue weighted by Gasteiger charge is -2.08. The summed E-state index contributed by atoms with van der Waals surface area (Å²) in [5, 5.41) is 0.609. The van der Waals surface area contributed by atoms with Gasteiger partial charge in [0.05, 0.1) is 0 Å². The first-order valence-corrected chi connectivity index (χ1v) is 4.60. The fraction of sp³-hybridized carbons (Fsp3) is 0.857. The van der Waals surface area contributed by atoms with Crippen LogP contribution in [-0.2, 0) is 4.79 Å². The molecule has 0 aromatic carbocycles. The summed E-state index contributed by atoms with van der Waals surface area (Å²) < 4.78 is 0. The highest BCUT2D eigenvalue weighted by Gasteiger charge is 2.29. The zero-order valence-electron chi connectivity index (χ0n) is 5.89. The van der Waals surface area contributed by atoms with Crippen LogP contribution in [0.5, 0.6) is 0 Å². The first-order chi connectivity index (χ1) is 4.25. The van der Waals surface area contributed by atoms with E-state index in [1.165, 1.54) is 0 Å². The van der Waals surface area contributed by atoms with E-state index in [4.69, 9.17) is 0 Å². The number of hydrogen-bond acceptors (Lipinski definition) is 2. The Morgan fingerprint density at radius 1 is 1.67 bits per heavy atom. The minimum atomic E-state index is 0.319. The van der Waals surface area contributed by atoms with Crippen molar-refractivity contribution in [2.45, 2.75) is 25.0 Å². The molecule has 0 saturated heterocycles. The molecule has 0 bridgehead atoms. The lowest BCUT2D eigenvalue weighted by Crippen LogP contribution is -2.11. The van der Waals surface area contributed by atoms with E-state index in [9.17, 15) is 4.79 Å². The van der Waals surface area contributed by atoms with Crippen molar-refractivity contribution in [3.63, 3.8) is 0 Å². The quantitative estimate of drug-likeness (QED) is 0.557. The second-order valence-corrected chi connectivity index (χ2v) is 3.64. The van der Waals surface area contributed by atoms with E-state index in [0.29, 0.717) is 17.0 Å². The molecule has 2 heteroatoms. The average molecular weight is 144 g/mol. The molecule has 9 heavy (non-hydrogen) atoms. The standard InChI is InChI=1S/C7H12OS/c1-5-6(8)3-4-7(5)9-2/h5,7H,3-4H2,1-2H3. The van der Waals surface area contributed by atoms with Gasteiger partial charge in [0, 0.05) is 17.6 Å². The van der Waals surface area contributed by atoms with Crippen LogP contribution in [0.4, 0.5) is 0 Å². The monoisotopic (exact) mass is 144 g/mol. The molecule has 1 fully saturated rings. The Kier molecular flexibility index (Phi) is 2.17. The average Bonchev–Trinajstić information content (AvgIpc) is 2.15. The van der Waals surface area contributed by atoms with Gasteiger partial charge < -0.3 is 0 Å². The maximum Gasteiger partial charge on any atom is 0.136 e. The molecule has 0 heterocycles. The van der Waals surface area contributed by atoms with Gasteiger partial charge in [0.25, 0.3) is 0 Å². The molecule has 1 rings (SSSR count). The van der Waals surface area contributed by atoms with Crippen molar-refractivity contribution in [3.8, 4) is 0 Å². The minimum absolute atomic E-state index is 0.319. The van der Waals surface area contributed by atoms with Gasteiger partial charge in [-0.2, -0.15) is 11.8 Å². The lowest BCUT2D eigenvalue weighted by molar-refractivity contribution is -0.120. The third kappa shape index (κ3) is 1.29. The third-order valence-corrected chi connectivity index (χ3v) is 3.29. The number of thioether (sulfide) groups is 1. The number of carbonyl (C=O) groups is 1. The SMILES string of the molecule is CSC1CCC(=O)C1C. The molecular weight excluding hydrogens is 132 g/mol. The van der Waals surface area contributed by atoms with Crippen LogP contribution >= 0.6 is 11.8 Å². The maximum atomic E-state index is 10.9. The zero-order chi connectivity index (χ0) is 6.85. The van der Waals surface area contributed by atoms with Gasteiger partial charge in [-0.1, -0.05) is 6.92 Å². The molecule has 0 spiro atoms. The molecule has 1 aliphatic carbocycles. The van der Waals surface area contributed by atoms with E-state index < -0.39 is 0 Å². The van der Waals surface area contributed by atoms with Crippen molar-refractivity contribution in [1.82, 2.24) is 0 Å². The molecular formula is C7H12OS. The molecule has 0 aromatic rings. The van der Waals surface area contributed by atoms with Crippen molar-refractivity contribution in [1.29, 1.82) is 0 Å². The summed E-state index contributed by atoms with van der Waals surface area (Å²) in [6.45, 7) is 2.04. The smallest absolute Gasteiger partial charge is 0.136 e. The van der Waals surface area contributed by atoms with Crippen LogP contribution in [0.15, 0.2) is 0 Å². The number of Topliss-reactive ketones (excluding diaryl/α,β-unsaturated/α-hetero) is 1. The Labute approximate surface area is 60.2 Å². The van der Waals surface area contributed by atoms with Gasteiger partial charge in [0.15, 0.2) is 0 Å². The normalized spacial score (nSPS) is 35.6. The number of carbonyl (C=O) groups excluding carboxylic acids is 1. The van der Waals surface area contributed by atoms with Crippen molar-refractivity contribution in [3.05, 3.63) is 0 Å². The van der Waals surface area contributed by atoms with Crippen LogP contribution in [0, 0.1) is 5.92 Å². The summed E-state index contributed by atoms with van der Waals surface area (Å²) in [6, 6.07) is 0. The van der Waals surface area contributed by atoms with Crippen LogP contribution in [0.3, 0.4) is 0 Å². The van der Waals surface area contributed by atoms with Crippen molar-refractivity contribution < 1.29 is 4.79 Å². The highest BCUT2D eigenvalue weighted by molar-refractivity contribution is 7.99. The molecule has 0 radical (unpaired) electrons. The van der Waals surface area contributed by atoms with E-state index >= 15 is 0 Å².